The molecular weight excluding hydrogens is 366 g/mol. The van der Waals surface area contributed by atoms with Crippen LogP contribution in [0.3, 0.4) is 0 Å². The lowest BCUT2D eigenvalue weighted by Gasteiger charge is -2.20. The van der Waals surface area contributed by atoms with E-state index in [0.29, 0.717) is 11.8 Å². The van der Waals surface area contributed by atoms with Gasteiger partial charge in [-0.15, -0.1) is 5.10 Å². The fraction of sp³-hybridized carbons (Fsp3) is 0.167. The first-order chi connectivity index (χ1) is 11.7. The summed E-state index contributed by atoms with van der Waals surface area (Å²) in [5.74, 6) is 1.29. The summed E-state index contributed by atoms with van der Waals surface area (Å²) in [6, 6.07) is 18.2. The van der Waals surface area contributed by atoms with Crippen LogP contribution >= 0.6 is 15.9 Å². The second kappa shape index (κ2) is 7.88. The summed E-state index contributed by atoms with van der Waals surface area (Å²) >= 11 is 3.43. The van der Waals surface area contributed by atoms with Gasteiger partial charge in [0.2, 0.25) is 5.95 Å². The van der Waals surface area contributed by atoms with E-state index in [1.807, 2.05) is 42.5 Å². The molecule has 6 heteroatoms. The predicted molar refractivity (Wildman–Crippen MR) is 100 cm³/mol. The molecule has 122 valence electrons. The van der Waals surface area contributed by atoms with Gasteiger partial charge in [-0.1, -0.05) is 46.3 Å². The van der Waals surface area contributed by atoms with Crippen LogP contribution in [0, 0.1) is 0 Å². The van der Waals surface area contributed by atoms with Crippen LogP contribution in [-0.4, -0.2) is 21.7 Å². The molecule has 0 atom stereocenters. The van der Waals surface area contributed by atoms with Gasteiger partial charge in [0.15, 0.2) is 5.82 Å². The molecule has 1 N–H and O–H groups in total. The second-order valence-electron chi connectivity index (χ2n) is 5.27. The van der Waals surface area contributed by atoms with E-state index < -0.39 is 0 Å². The first-order valence-corrected chi connectivity index (χ1v) is 8.55. The van der Waals surface area contributed by atoms with Crippen LogP contribution in [0.15, 0.2) is 65.3 Å². The van der Waals surface area contributed by atoms with Crippen LogP contribution in [0.5, 0.6) is 0 Å². The van der Waals surface area contributed by atoms with Gasteiger partial charge in [0.1, 0.15) is 0 Å². The maximum atomic E-state index is 4.59. The first-order valence-electron chi connectivity index (χ1n) is 7.76. The molecule has 5 nitrogen and oxygen atoms in total. The minimum atomic E-state index is 0.614. The number of nitrogens with zero attached hydrogens (tertiary/aromatic N) is 4. The molecule has 0 amide bonds. The lowest BCUT2D eigenvalue weighted by molar-refractivity contribution is 0.771. The molecule has 0 aliphatic rings. The van der Waals surface area contributed by atoms with Crippen molar-refractivity contribution in [3.8, 4) is 0 Å². The molecule has 0 spiro atoms. The Morgan fingerprint density at radius 1 is 1.04 bits per heavy atom. The largest absolute Gasteiger partial charge is 0.339 e. The molecule has 0 bridgehead atoms. The lowest BCUT2D eigenvalue weighted by Crippen LogP contribution is -2.24. The van der Waals surface area contributed by atoms with Crippen molar-refractivity contribution in [1.29, 1.82) is 0 Å². The van der Waals surface area contributed by atoms with Gasteiger partial charge in [0, 0.05) is 23.2 Å². The van der Waals surface area contributed by atoms with Gasteiger partial charge in [-0.3, -0.25) is 0 Å². The molecule has 0 aliphatic heterocycles. The van der Waals surface area contributed by atoms with Gasteiger partial charge in [-0.2, -0.15) is 10.1 Å². The summed E-state index contributed by atoms with van der Waals surface area (Å²) in [6.07, 6.45) is 1.63. The van der Waals surface area contributed by atoms with Crippen molar-refractivity contribution in [1.82, 2.24) is 15.2 Å². The van der Waals surface area contributed by atoms with Crippen molar-refractivity contribution in [2.24, 2.45) is 0 Å². The zero-order valence-electron chi connectivity index (χ0n) is 13.4. The number of rotatable bonds is 6. The van der Waals surface area contributed by atoms with Gasteiger partial charge in [0.25, 0.3) is 0 Å². The van der Waals surface area contributed by atoms with E-state index in [1.165, 1.54) is 5.56 Å². The Morgan fingerprint density at radius 3 is 2.50 bits per heavy atom. The van der Waals surface area contributed by atoms with Crippen LogP contribution in [-0.2, 0) is 6.54 Å². The monoisotopic (exact) mass is 383 g/mol. The summed E-state index contributed by atoms with van der Waals surface area (Å²) < 4.78 is 1.04. The molecule has 24 heavy (non-hydrogen) atoms. The Bertz CT molecular complexity index is 777. The minimum absolute atomic E-state index is 0.614. The maximum Gasteiger partial charge on any atom is 0.247 e. The van der Waals surface area contributed by atoms with E-state index >= 15 is 0 Å². The molecule has 3 rings (SSSR count). The Morgan fingerprint density at radius 2 is 1.79 bits per heavy atom. The first kappa shape index (κ1) is 16.4. The topological polar surface area (TPSA) is 53.9 Å². The predicted octanol–water partition coefficient (Wildman–Crippen LogP) is 4.40. The molecule has 0 radical (unpaired) electrons. The third kappa shape index (κ3) is 4.29. The summed E-state index contributed by atoms with van der Waals surface area (Å²) in [5.41, 5.74) is 2.17. The van der Waals surface area contributed by atoms with Crippen LogP contribution < -0.4 is 10.2 Å². The number of benzene rings is 2. The third-order valence-electron chi connectivity index (χ3n) is 3.55. The highest BCUT2D eigenvalue weighted by atomic mass is 79.9. The molecule has 0 fully saturated rings. The van der Waals surface area contributed by atoms with E-state index in [0.717, 1.165) is 23.2 Å². The van der Waals surface area contributed by atoms with Gasteiger partial charge < -0.3 is 10.2 Å². The van der Waals surface area contributed by atoms with E-state index in [2.05, 4.69) is 60.4 Å². The summed E-state index contributed by atoms with van der Waals surface area (Å²) in [6.45, 7) is 3.64. The number of hydrogen-bond donors (Lipinski definition) is 1. The third-order valence-corrected chi connectivity index (χ3v) is 4.07. The van der Waals surface area contributed by atoms with Crippen molar-refractivity contribution >= 4 is 33.4 Å². The molecule has 0 aliphatic carbocycles. The second-order valence-corrected chi connectivity index (χ2v) is 6.19. The number of nitrogens with one attached hydrogen (secondary N) is 1. The summed E-state index contributed by atoms with van der Waals surface area (Å²) in [4.78, 5) is 6.68. The molecule has 2 aromatic carbocycles. The van der Waals surface area contributed by atoms with Gasteiger partial charge in [0.05, 0.1) is 6.20 Å². The molecule has 0 unspecified atom stereocenters. The molecule has 0 saturated carbocycles. The minimum Gasteiger partial charge on any atom is -0.339 e. The fourth-order valence-electron chi connectivity index (χ4n) is 2.30. The van der Waals surface area contributed by atoms with E-state index in [9.17, 15) is 0 Å². The Labute approximate surface area is 149 Å². The van der Waals surface area contributed by atoms with Crippen molar-refractivity contribution in [3.05, 3.63) is 70.8 Å². The molecule has 3 aromatic rings. The number of anilines is 3. The average molecular weight is 384 g/mol. The Balaban J connectivity index is 1.76. The lowest BCUT2D eigenvalue weighted by atomic mass is 10.2. The van der Waals surface area contributed by atoms with Gasteiger partial charge in [-0.05, 0) is 36.8 Å². The Hall–Kier alpha value is -2.47. The number of hydrogen-bond acceptors (Lipinski definition) is 5. The van der Waals surface area contributed by atoms with Crippen LogP contribution in [0.1, 0.15) is 12.5 Å². The zero-order chi connectivity index (χ0) is 16.8. The van der Waals surface area contributed by atoms with E-state index in [1.54, 1.807) is 6.20 Å². The fourth-order valence-corrected chi connectivity index (χ4v) is 2.56. The van der Waals surface area contributed by atoms with E-state index in [4.69, 9.17) is 0 Å². The van der Waals surface area contributed by atoms with Gasteiger partial charge in [-0.25, -0.2) is 0 Å². The number of aromatic nitrogens is 3. The van der Waals surface area contributed by atoms with Crippen molar-refractivity contribution in [2.45, 2.75) is 13.5 Å². The molecule has 1 heterocycles. The maximum absolute atomic E-state index is 4.59. The standard InChI is InChI=1S/C18H18BrN5/c1-2-24(13-14-6-4-3-5-7-14)18-22-17(12-20-23-18)21-16-10-8-15(19)9-11-16/h3-12H,2,13H2,1H3,(H,21,22,23). The highest BCUT2D eigenvalue weighted by Gasteiger charge is 2.10. The van der Waals surface area contributed by atoms with Crippen LogP contribution in [0.4, 0.5) is 17.5 Å². The van der Waals surface area contributed by atoms with Crippen molar-refractivity contribution < 1.29 is 0 Å². The van der Waals surface area contributed by atoms with Gasteiger partial charge >= 0.3 is 0 Å². The number of halogens is 1. The van der Waals surface area contributed by atoms with E-state index in [-0.39, 0.29) is 0 Å². The van der Waals surface area contributed by atoms with Crippen molar-refractivity contribution in [3.63, 3.8) is 0 Å². The molecule has 1 aromatic heterocycles. The molecular formula is C18H18BrN5. The van der Waals surface area contributed by atoms with Crippen molar-refractivity contribution in [2.75, 3.05) is 16.8 Å². The summed E-state index contributed by atoms with van der Waals surface area (Å²) in [7, 11) is 0. The van der Waals surface area contributed by atoms with Crippen LogP contribution in [0.25, 0.3) is 0 Å². The normalized spacial score (nSPS) is 10.4. The molecule has 0 saturated heterocycles. The summed E-state index contributed by atoms with van der Waals surface area (Å²) in [5, 5.41) is 11.5. The average Bonchev–Trinajstić information content (AvgIpc) is 2.63. The van der Waals surface area contributed by atoms with Crippen LogP contribution in [0.2, 0.25) is 0 Å². The highest BCUT2D eigenvalue weighted by molar-refractivity contribution is 9.10. The SMILES string of the molecule is CCN(Cc1ccccc1)c1nncc(Nc2ccc(Br)cc2)n1. The Kier molecular flexibility index (Phi) is 5.38. The highest BCUT2D eigenvalue weighted by Crippen LogP contribution is 2.19. The quantitative estimate of drug-likeness (QED) is 0.683. The zero-order valence-corrected chi connectivity index (χ0v) is 14.9. The smallest absolute Gasteiger partial charge is 0.247 e.